The summed E-state index contributed by atoms with van der Waals surface area (Å²) in [6, 6.07) is 49.6. The summed E-state index contributed by atoms with van der Waals surface area (Å²) in [5.41, 5.74) is 14.5. The molecule has 0 N–H and O–H groups in total. The minimum absolute atomic E-state index is 0. The quantitative estimate of drug-likeness (QED) is 0.136. The largest absolute Gasteiger partial charge is 0.295 e. The van der Waals surface area contributed by atoms with E-state index in [2.05, 4.69) is 177 Å². The highest BCUT2D eigenvalue weighted by atomic mass is 16.1. The third-order valence-electron chi connectivity index (χ3n) is 11.2. The fourth-order valence-corrected chi connectivity index (χ4v) is 6.16. The van der Waals surface area contributed by atoms with E-state index >= 15 is 0 Å². The van der Waals surface area contributed by atoms with Gasteiger partial charge in [-0.15, -0.1) is 0 Å². The van der Waals surface area contributed by atoms with Crippen molar-refractivity contribution < 1.29 is 14.4 Å². The average Bonchev–Trinajstić information content (AvgIpc) is 3.28. The third-order valence-corrected chi connectivity index (χ3v) is 11.2. The molecule has 0 fully saturated rings. The van der Waals surface area contributed by atoms with Crippen LogP contribution in [0.5, 0.6) is 0 Å². The Kier molecular flexibility index (Phi) is 29.4. The second-order valence-corrected chi connectivity index (χ2v) is 19.2. The van der Waals surface area contributed by atoms with E-state index in [9.17, 15) is 14.4 Å². The molecule has 6 aromatic rings. The molecule has 0 aliphatic heterocycles. The molecule has 6 rings (SSSR count). The van der Waals surface area contributed by atoms with E-state index < -0.39 is 0 Å². The van der Waals surface area contributed by atoms with E-state index in [-0.39, 0.29) is 24.8 Å². The van der Waals surface area contributed by atoms with Gasteiger partial charge in [0.05, 0.1) is 0 Å². The number of carbonyl (C=O) groups excluding carboxylic acids is 3. The number of ketones is 3. The SMILES string of the molecule is C.CC(=O)c1ccc(C(C)C)cc1.CC(=O)c1ccc(C(C)C)cc1.CC(=O)c1ccc(C(C)C)cc1.Cc1ccc(C(C)C)cc1.Cc1ccc(C(C)C)cc1.Cc1ccc(C(C)C)cc1. The van der Waals surface area contributed by atoms with Gasteiger partial charge in [-0.05, 0) is 110 Å². The summed E-state index contributed by atoms with van der Waals surface area (Å²) in [5.74, 6) is 3.95. The smallest absolute Gasteiger partial charge is 0.159 e. The fraction of sp³-hybridized carbons (Fsp3) is 0.391. The van der Waals surface area contributed by atoms with Crippen LogP contribution in [0.25, 0.3) is 0 Å². The summed E-state index contributed by atoms with van der Waals surface area (Å²) in [5, 5.41) is 0. The zero-order chi connectivity index (χ0) is 50.1. The van der Waals surface area contributed by atoms with E-state index in [0.29, 0.717) is 35.5 Å². The first-order chi connectivity index (χ1) is 30.9. The molecular formula is C64H88O3. The van der Waals surface area contributed by atoms with Crippen LogP contribution >= 0.6 is 0 Å². The lowest BCUT2D eigenvalue weighted by atomic mass is 10.0. The highest BCUT2D eigenvalue weighted by Crippen LogP contribution is 2.18. The molecule has 0 saturated carbocycles. The summed E-state index contributed by atoms with van der Waals surface area (Å²) in [6.07, 6.45) is 0. The van der Waals surface area contributed by atoms with Crippen LogP contribution in [0.15, 0.2) is 146 Å². The Bertz CT molecular complexity index is 1990. The van der Waals surface area contributed by atoms with Gasteiger partial charge in [-0.1, -0.05) is 253 Å². The molecule has 0 spiro atoms. The maximum absolute atomic E-state index is 10.9. The normalized spacial score (nSPS) is 10.2. The van der Waals surface area contributed by atoms with Crippen molar-refractivity contribution in [2.24, 2.45) is 0 Å². The Morgan fingerprint density at radius 3 is 0.478 bits per heavy atom. The Hall–Kier alpha value is -5.67. The van der Waals surface area contributed by atoms with Crippen molar-refractivity contribution in [3.63, 3.8) is 0 Å². The van der Waals surface area contributed by atoms with E-state index in [1.807, 2.05) is 72.8 Å². The van der Waals surface area contributed by atoms with Crippen LogP contribution in [0.2, 0.25) is 0 Å². The lowest BCUT2D eigenvalue weighted by Crippen LogP contribution is -1.93. The molecule has 0 unspecified atom stereocenters. The Balaban J connectivity index is 0.000000779. The van der Waals surface area contributed by atoms with Crippen molar-refractivity contribution in [3.8, 4) is 0 Å². The van der Waals surface area contributed by atoms with Gasteiger partial charge in [0, 0.05) is 16.7 Å². The van der Waals surface area contributed by atoms with Gasteiger partial charge in [0.2, 0.25) is 0 Å². The zero-order valence-corrected chi connectivity index (χ0v) is 44.0. The van der Waals surface area contributed by atoms with Gasteiger partial charge < -0.3 is 0 Å². The van der Waals surface area contributed by atoms with Gasteiger partial charge in [0.15, 0.2) is 17.3 Å². The Morgan fingerprint density at radius 2 is 0.373 bits per heavy atom. The van der Waals surface area contributed by atoms with Crippen LogP contribution in [0.4, 0.5) is 0 Å². The third kappa shape index (κ3) is 25.2. The molecule has 3 nitrogen and oxygen atoms in total. The van der Waals surface area contributed by atoms with Crippen molar-refractivity contribution in [1.29, 1.82) is 0 Å². The molecule has 67 heavy (non-hydrogen) atoms. The van der Waals surface area contributed by atoms with Crippen LogP contribution in [0.3, 0.4) is 0 Å². The van der Waals surface area contributed by atoms with Gasteiger partial charge in [-0.2, -0.15) is 0 Å². The van der Waals surface area contributed by atoms with Crippen molar-refractivity contribution in [2.45, 2.75) is 168 Å². The van der Waals surface area contributed by atoms with Crippen molar-refractivity contribution >= 4 is 17.3 Å². The number of rotatable bonds is 9. The molecule has 362 valence electrons. The van der Waals surface area contributed by atoms with Gasteiger partial charge in [0.25, 0.3) is 0 Å². The van der Waals surface area contributed by atoms with Crippen LogP contribution in [-0.2, 0) is 0 Å². The molecule has 0 aliphatic carbocycles. The second kappa shape index (κ2) is 32.1. The van der Waals surface area contributed by atoms with E-state index in [1.165, 1.54) is 50.1 Å². The van der Waals surface area contributed by atoms with Crippen LogP contribution in [-0.4, -0.2) is 17.3 Å². The maximum atomic E-state index is 10.9. The topological polar surface area (TPSA) is 51.2 Å². The van der Waals surface area contributed by atoms with E-state index in [1.54, 1.807) is 20.8 Å². The average molecular weight is 905 g/mol. The lowest BCUT2D eigenvalue weighted by Gasteiger charge is -2.04. The monoisotopic (exact) mass is 905 g/mol. The van der Waals surface area contributed by atoms with Gasteiger partial charge in [-0.3, -0.25) is 14.4 Å². The highest BCUT2D eigenvalue weighted by Gasteiger charge is 2.04. The number of hydrogen-bond donors (Lipinski definition) is 0. The lowest BCUT2D eigenvalue weighted by molar-refractivity contribution is 0.100. The molecule has 6 aromatic carbocycles. The molecule has 0 amide bonds. The Morgan fingerprint density at radius 1 is 0.254 bits per heavy atom. The second-order valence-electron chi connectivity index (χ2n) is 19.2. The number of aryl methyl sites for hydroxylation is 3. The van der Waals surface area contributed by atoms with Gasteiger partial charge in [0.1, 0.15) is 0 Å². The maximum Gasteiger partial charge on any atom is 0.159 e. The fourth-order valence-electron chi connectivity index (χ4n) is 6.16. The molecule has 0 bridgehead atoms. The zero-order valence-electron chi connectivity index (χ0n) is 44.0. The summed E-state index contributed by atoms with van der Waals surface area (Å²) in [4.78, 5) is 32.8. The molecule has 3 heteroatoms. The molecular weight excluding hydrogens is 817 g/mol. The van der Waals surface area contributed by atoms with E-state index in [4.69, 9.17) is 0 Å². The van der Waals surface area contributed by atoms with Gasteiger partial charge in [-0.25, -0.2) is 0 Å². The summed E-state index contributed by atoms with van der Waals surface area (Å²) < 4.78 is 0. The Labute approximate surface area is 409 Å². The molecule has 0 radical (unpaired) electrons. The molecule has 0 heterocycles. The standard InChI is InChI=1S/3C11H14O.3C10H14.CH4/c3*1-8(2)10-4-6-11(7-5-10)9(3)12;3*1-8(2)10-6-4-9(3)5-7-10;/h3*4-8H,1-3H3;3*4-8H,1-3H3;1H4. The van der Waals surface area contributed by atoms with Crippen LogP contribution in [0.1, 0.15) is 228 Å². The molecule has 0 saturated heterocycles. The summed E-state index contributed by atoms with van der Waals surface area (Å²) >= 11 is 0. The molecule has 0 aromatic heterocycles. The van der Waals surface area contributed by atoms with Crippen molar-refractivity contribution in [2.75, 3.05) is 0 Å². The first-order valence-corrected chi connectivity index (χ1v) is 24.0. The number of benzene rings is 6. The van der Waals surface area contributed by atoms with Crippen LogP contribution < -0.4 is 0 Å². The van der Waals surface area contributed by atoms with Crippen molar-refractivity contribution in [1.82, 2.24) is 0 Å². The van der Waals surface area contributed by atoms with Crippen LogP contribution in [0, 0.1) is 20.8 Å². The van der Waals surface area contributed by atoms with Crippen molar-refractivity contribution in [3.05, 3.63) is 212 Å². The minimum atomic E-state index is 0. The number of hydrogen-bond acceptors (Lipinski definition) is 3. The number of Topliss-reactive ketones (excluding diaryl/α,β-unsaturated/α-hetero) is 3. The minimum Gasteiger partial charge on any atom is -0.295 e. The molecule has 0 aliphatic rings. The number of carbonyl (C=O) groups is 3. The predicted molar refractivity (Wildman–Crippen MR) is 294 cm³/mol. The van der Waals surface area contributed by atoms with Gasteiger partial charge >= 0.3 is 0 Å². The summed E-state index contributed by atoms with van der Waals surface area (Å²) in [7, 11) is 0. The first kappa shape index (κ1) is 61.3. The summed E-state index contributed by atoms with van der Waals surface area (Å²) in [6.45, 7) is 37.2. The first-order valence-electron chi connectivity index (χ1n) is 24.0. The predicted octanol–water partition coefficient (Wildman–Crippen LogP) is 19.0. The van der Waals surface area contributed by atoms with E-state index in [0.717, 1.165) is 16.7 Å². The molecule has 0 atom stereocenters. The highest BCUT2D eigenvalue weighted by molar-refractivity contribution is 5.95.